The SMILES string of the molecule is CCCCCCCCCCCCSSCCCCCCCCCCCN. The summed E-state index contributed by atoms with van der Waals surface area (Å²) < 4.78 is 0. The van der Waals surface area contributed by atoms with Gasteiger partial charge in [0.25, 0.3) is 0 Å². The van der Waals surface area contributed by atoms with Gasteiger partial charge in [-0.2, -0.15) is 0 Å². The molecule has 1 nitrogen and oxygen atoms in total. The first kappa shape index (κ1) is 26.7. The fourth-order valence-electron chi connectivity index (χ4n) is 3.31. The van der Waals surface area contributed by atoms with E-state index in [0.29, 0.717) is 0 Å². The van der Waals surface area contributed by atoms with E-state index in [-0.39, 0.29) is 0 Å². The molecule has 0 fully saturated rings. The van der Waals surface area contributed by atoms with Crippen LogP contribution in [0.2, 0.25) is 0 Å². The highest BCUT2D eigenvalue weighted by molar-refractivity contribution is 8.76. The van der Waals surface area contributed by atoms with Crippen LogP contribution < -0.4 is 5.73 Å². The maximum Gasteiger partial charge on any atom is 0.00369 e. The van der Waals surface area contributed by atoms with E-state index < -0.39 is 0 Å². The van der Waals surface area contributed by atoms with Crippen LogP contribution >= 0.6 is 21.6 Å². The molecule has 0 aliphatic carbocycles. The molecule has 0 unspecified atom stereocenters. The Kier molecular flexibility index (Phi) is 26.3. The second-order valence-corrected chi connectivity index (χ2v) is 10.5. The molecular weight excluding hydrogens is 354 g/mol. The summed E-state index contributed by atoms with van der Waals surface area (Å²) >= 11 is 0. The van der Waals surface area contributed by atoms with Gasteiger partial charge in [0, 0.05) is 11.5 Å². The molecule has 0 aliphatic heterocycles. The summed E-state index contributed by atoms with van der Waals surface area (Å²) in [5.74, 6) is 2.73. The van der Waals surface area contributed by atoms with Crippen molar-refractivity contribution in [3.63, 3.8) is 0 Å². The molecule has 0 radical (unpaired) electrons. The normalized spacial score (nSPS) is 11.3. The predicted molar refractivity (Wildman–Crippen MR) is 127 cm³/mol. The van der Waals surface area contributed by atoms with Gasteiger partial charge in [-0.05, 0) is 25.8 Å². The molecule has 0 saturated heterocycles. The van der Waals surface area contributed by atoms with Crippen LogP contribution in [0.3, 0.4) is 0 Å². The van der Waals surface area contributed by atoms with Gasteiger partial charge < -0.3 is 5.73 Å². The van der Waals surface area contributed by atoms with E-state index in [1.807, 2.05) is 0 Å². The third-order valence-corrected chi connectivity index (χ3v) is 7.67. The zero-order valence-electron chi connectivity index (χ0n) is 18.0. The van der Waals surface area contributed by atoms with E-state index in [9.17, 15) is 0 Å². The van der Waals surface area contributed by atoms with Crippen molar-refractivity contribution in [1.29, 1.82) is 0 Å². The first-order chi connectivity index (χ1) is 12.9. The first-order valence-corrected chi connectivity index (χ1v) is 14.3. The van der Waals surface area contributed by atoms with E-state index in [1.165, 1.54) is 134 Å². The van der Waals surface area contributed by atoms with Crippen LogP contribution in [0.4, 0.5) is 0 Å². The lowest BCUT2D eigenvalue weighted by atomic mass is 10.1. The summed E-state index contributed by atoms with van der Waals surface area (Å²) in [6, 6.07) is 0. The topological polar surface area (TPSA) is 26.0 Å². The number of hydrogen-bond acceptors (Lipinski definition) is 3. The van der Waals surface area contributed by atoms with Crippen LogP contribution in [-0.2, 0) is 0 Å². The van der Waals surface area contributed by atoms with Gasteiger partial charge >= 0.3 is 0 Å². The van der Waals surface area contributed by atoms with Crippen LogP contribution in [0, 0.1) is 0 Å². The van der Waals surface area contributed by atoms with Crippen LogP contribution in [0.1, 0.15) is 129 Å². The number of hydrogen-bond donors (Lipinski definition) is 1. The molecule has 0 aromatic carbocycles. The largest absolute Gasteiger partial charge is 0.330 e. The highest BCUT2D eigenvalue weighted by atomic mass is 33.1. The molecule has 0 spiro atoms. The van der Waals surface area contributed by atoms with Crippen LogP contribution in [0.25, 0.3) is 0 Å². The van der Waals surface area contributed by atoms with Crippen molar-refractivity contribution in [2.45, 2.75) is 129 Å². The minimum Gasteiger partial charge on any atom is -0.330 e. The van der Waals surface area contributed by atoms with Gasteiger partial charge in [0.15, 0.2) is 0 Å². The molecule has 26 heavy (non-hydrogen) atoms. The Hall–Kier alpha value is 0.660. The summed E-state index contributed by atoms with van der Waals surface area (Å²) in [7, 11) is 4.23. The van der Waals surface area contributed by atoms with Crippen LogP contribution in [-0.4, -0.2) is 18.1 Å². The second kappa shape index (κ2) is 25.7. The third kappa shape index (κ3) is 24.7. The highest BCUT2D eigenvalue weighted by Gasteiger charge is 1.96. The Morgan fingerprint density at radius 1 is 0.423 bits per heavy atom. The molecule has 0 aliphatic rings. The van der Waals surface area contributed by atoms with Crippen molar-refractivity contribution in [3.05, 3.63) is 0 Å². The number of nitrogens with two attached hydrogens (primary N) is 1. The summed E-state index contributed by atoms with van der Waals surface area (Å²) in [6.45, 7) is 3.17. The lowest BCUT2D eigenvalue weighted by Gasteiger charge is -2.04. The molecule has 0 rings (SSSR count). The standard InChI is InChI=1S/C23H49NS2/c1-2-3-4-5-6-7-10-13-16-19-22-25-26-23-20-17-14-11-8-9-12-15-18-21-24/h2-24H2,1H3. The molecule has 0 heterocycles. The van der Waals surface area contributed by atoms with Gasteiger partial charge in [-0.3, -0.25) is 0 Å². The van der Waals surface area contributed by atoms with Gasteiger partial charge in [-0.1, -0.05) is 131 Å². The van der Waals surface area contributed by atoms with E-state index in [4.69, 9.17) is 5.73 Å². The molecule has 3 heteroatoms. The molecule has 0 aromatic heterocycles. The lowest BCUT2D eigenvalue weighted by molar-refractivity contribution is 0.563. The number of rotatable bonds is 23. The Labute approximate surface area is 174 Å². The van der Waals surface area contributed by atoms with Gasteiger partial charge in [0.2, 0.25) is 0 Å². The fraction of sp³-hybridized carbons (Fsp3) is 1.00. The Morgan fingerprint density at radius 3 is 1.08 bits per heavy atom. The second-order valence-electron chi connectivity index (χ2n) is 7.80. The van der Waals surface area contributed by atoms with E-state index in [0.717, 1.165) is 6.54 Å². The van der Waals surface area contributed by atoms with Crippen molar-refractivity contribution in [1.82, 2.24) is 0 Å². The predicted octanol–water partition coefficient (Wildman–Crippen LogP) is 8.76. The van der Waals surface area contributed by atoms with Crippen LogP contribution in [0.5, 0.6) is 0 Å². The molecular formula is C23H49NS2. The minimum absolute atomic E-state index is 0.870. The van der Waals surface area contributed by atoms with E-state index >= 15 is 0 Å². The molecule has 0 bridgehead atoms. The fourth-order valence-corrected chi connectivity index (χ4v) is 5.60. The number of unbranched alkanes of at least 4 members (excludes halogenated alkanes) is 17. The van der Waals surface area contributed by atoms with Crippen molar-refractivity contribution < 1.29 is 0 Å². The Balaban J connectivity index is 2.95. The van der Waals surface area contributed by atoms with Gasteiger partial charge in [0.05, 0.1) is 0 Å². The zero-order valence-corrected chi connectivity index (χ0v) is 19.6. The molecule has 158 valence electrons. The zero-order chi connectivity index (χ0) is 19.0. The highest BCUT2D eigenvalue weighted by Crippen LogP contribution is 2.25. The monoisotopic (exact) mass is 403 g/mol. The Morgan fingerprint density at radius 2 is 0.731 bits per heavy atom. The minimum atomic E-state index is 0.870. The van der Waals surface area contributed by atoms with E-state index in [1.54, 1.807) is 0 Å². The maximum atomic E-state index is 5.51. The van der Waals surface area contributed by atoms with Gasteiger partial charge in [-0.25, -0.2) is 0 Å². The molecule has 2 N–H and O–H groups in total. The first-order valence-electron chi connectivity index (χ1n) is 11.9. The smallest absolute Gasteiger partial charge is 0.00369 e. The maximum absolute atomic E-state index is 5.51. The summed E-state index contributed by atoms with van der Waals surface area (Å²) in [6.07, 6.45) is 27.0. The summed E-state index contributed by atoms with van der Waals surface area (Å²) in [4.78, 5) is 0. The summed E-state index contributed by atoms with van der Waals surface area (Å²) in [5.41, 5.74) is 5.51. The van der Waals surface area contributed by atoms with Gasteiger partial charge in [-0.15, -0.1) is 0 Å². The lowest BCUT2D eigenvalue weighted by Crippen LogP contribution is -1.97. The van der Waals surface area contributed by atoms with Gasteiger partial charge in [0.1, 0.15) is 0 Å². The molecule has 0 saturated carbocycles. The average molecular weight is 404 g/mol. The Bertz CT molecular complexity index is 212. The van der Waals surface area contributed by atoms with Crippen molar-refractivity contribution in [2.24, 2.45) is 5.73 Å². The van der Waals surface area contributed by atoms with Crippen molar-refractivity contribution >= 4 is 21.6 Å². The molecule has 0 atom stereocenters. The molecule has 0 aromatic rings. The van der Waals surface area contributed by atoms with Crippen molar-refractivity contribution in [3.8, 4) is 0 Å². The third-order valence-electron chi connectivity index (χ3n) is 5.10. The summed E-state index contributed by atoms with van der Waals surface area (Å²) in [5, 5.41) is 0. The van der Waals surface area contributed by atoms with E-state index in [2.05, 4.69) is 28.5 Å². The quantitative estimate of drug-likeness (QED) is 0.136. The van der Waals surface area contributed by atoms with Crippen LogP contribution in [0.15, 0.2) is 0 Å². The molecule has 0 amide bonds. The average Bonchev–Trinajstić information content (AvgIpc) is 2.66. The van der Waals surface area contributed by atoms with Crippen molar-refractivity contribution in [2.75, 3.05) is 18.1 Å².